The summed E-state index contributed by atoms with van der Waals surface area (Å²) in [5.41, 5.74) is 1.07. The van der Waals surface area contributed by atoms with Crippen LogP contribution >= 0.6 is 0 Å². The monoisotopic (exact) mass is 524 g/mol. The first kappa shape index (κ1) is 25.1. The molecule has 204 valence electrons. The summed E-state index contributed by atoms with van der Waals surface area (Å²) in [6.45, 7) is 15.4. The van der Waals surface area contributed by atoms with E-state index < -0.39 is 45.4 Å². The van der Waals surface area contributed by atoms with Gasteiger partial charge in [-0.2, -0.15) is 9.78 Å². The fourth-order valence-corrected chi connectivity index (χ4v) is 9.22. The number of ketones is 2. The summed E-state index contributed by atoms with van der Waals surface area (Å²) >= 11 is 0. The Labute approximate surface area is 222 Å². The maximum atomic E-state index is 14.2. The lowest BCUT2D eigenvalue weighted by Crippen LogP contribution is -2.64. The first-order chi connectivity index (χ1) is 17.4. The number of aliphatic hydroxyl groups is 2. The largest absolute Gasteiger partial charge is 0.360 e. The molecule has 0 radical (unpaired) electrons. The normalized spacial score (nSPS) is 49.7. The van der Waals surface area contributed by atoms with Crippen LogP contribution in [0.5, 0.6) is 0 Å². The van der Waals surface area contributed by atoms with Crippen LogP contribution in [-0.2, 0) is 29.1 Å². The molecule has 2 N–H and O–H groups in total. The van der Waals surface area contributed by atoms with Crippen molar-refractivity contribution in [2.45, 2.75) is 91.0 Å². The summed E-state index contributed by atoms with van der Waals surface area (Å²) in [4.78, 5) is 50.4. The molecule has 0 spiro atoms. The van der Waals surface area contributed by atoms with Crippen molar-refractivity contribution in [1.82, 2.24) is 0 Å². The van der Waals surface area contributed by atoms with Gasteiger partial charge >= 0.3 is 0 Å². The summed E-state index contributed by atoms with van der Waals surface area (Å²) in [5.74, 6) is -4.83. The molecule has 1 saturated carbocycles. The first-order valence-electron chi connectivity index (χ1n) is 13.7. The van der Waals surface area contributed by atoms with E-state index in [4.69, 9.17) is 19.6 Å². The van der Waals surface area contributed by atoms with Gasteiger partial charge in [-0.25, -0.2) is 9.78 Å². The fourth-order valence-electron chi connectivity index (χ4n) is 9.22. The third-order valence-electron chi connectivity index (χ3n) is 11.1. The highest BCUT2D eigenvalue weighted by Gasteiger charge is 2.80. The third-order valence-corrected chi connectivity index (χ3v) is 11.1. The lowest BCUT2D eigenvalue weighted by atomic mass is 9.38. The van der Waals surface area contributed by atoms with Crippen molar-refractivity contribution in [3.8, 4) is 0 Å². The van der Waals surface area contributed by atoms with E-state index in [0.717, 1.165) is 11.1 Å². The molecule has 2 saturated heterocycles. The Balaban J connectivity index is 1.47. The first-order valence-corrected chi connectivity index (χ1v) is 13.7. The average Bonchev–Trinajstić information content (AvgIpc) is 3.23. The molecule has 7 aliphatic rings. The van der Waals surface area contributed by atoms with Gasteiger partial charge < -0.3 is 10.2 Å². The van der Waals surface area contributed by atoms with Crippen molar-refractivity contribution in [3.05, 3.63) is 45.6 Å². The molecule has 0 aromatic carbocycles. The average molecular weight is 525 g/mol. The zero-order chi connectivity index (χ0) is 27.6. The van der Waals surface area contributed by atoms with Crippen molar-refractivity contribution in [2.75, 3.05) is 0 Å². The maximum Gasteiger partial charge on any atom is 0.225 e. The van der Waals surface area contributed by atoms with E-state index in [1.54, 1.807) is 0 Å². The molecule has 38 heavy (non-hydrogen) atoms. The Morgan fingerprint density at radius 2 is 1.00 bits per heavy atom. The Hall–Kier alpha value is -1.94. The van der Waals surface area contributed by atoms with Crippen LogP contribution in [0.2, 0.25) is 0 Å². The molecule has 3 fully saturated rings. The van der Waals surface area contributed by atoms with Crippen LogP contribution in [0, 0.1) is 34.5 Å². The van der Waals surface area contributed by atoms with Gasteiger partial charge in [-0.1, -0.05) is 39.8 Å². The predicted octanol–water partition coefficient (Wildman–Crippen LogP) is 3.79. The molecule has 8 heteroatoms. The Morgan fingerprint density at radius 3 is 1.34 bits per heavy atom. The van der Waals surface area contributed by atoms with Gasteiger partial charge in [0.15, 0.2) is 11.6 Å². The van der Waals surface area contributed by atoms with Crippen molar-refractivity contribution in [2.24, 2.45) is 34.5 Å². The lowest BCUT2D eigenvalue weighted by molar-refractivity contribution is -0.390. The summed E-state index contributed by atoms with van der Waals surface area (Å²) in [5, 5.41) is 22.9. The van der Waals surface area contributed by atoms with E-state index in [9.17, 15) is 19.8 Å². The van der Waals surface area contributed by atoms with Gasteiger partial charge in [0, 0.05) is 57.8 Å². The van der Waals surface area contributed by atoms with Crippen molar-refractivity contribution in [1.29, 1.82) is 0 Å². The van der Waals surface area contributed by atoms with Crippen molar-refractivity contribution < 1.29 is 39.4 Å². The zero-order valence-electron chi connectivity index (χ0n) is 23.2. The number of carbonyl (C=O) groups excluding carboxylic acids is 2. The van der Waals surface area contributed by atoms with Gasteiger partial charge in [-0.3, -0.25) is 9.59 Å². The summed E-state index contributed by atoms with van der Waals surface area (Å²) in [6.07, 6.45) is 4.22. The van der Waals surface area contributed by atoms with E-state index in [1.165, 1.54) is 0 Å². The number of rotatable bonds is 0. The number of fused-ring (bicyclic) bond motifs is 8. The molecule has 0 bridgehead atoms. The van der Waals surface area contributed by atoms with Crippen LogP contribution < -0.4 is 0 Å². The Bertz CT molecular complexity index is 1270. The molecular weight excluding hydrogens is 488 g/mol. The van der Waals surface area contributed by atoms with Gasteiger partial charge in [-0.15, -0.1) is 0 Å². The second-order valence-corrected chi connectivity index (χ2v) is 14.0. The topological polar surface area (TPSA) is 112 Å². The minimum atomic E-state index is -1.63. The molecular formula is C30H36O8. The van der Waals surface area contributed by atoms with Crippen LogP contribution in [0.1, 0.15) is 68.2 Å². The highest BCUT2D eigenvalue weighted by Crippen LogP contribution is 2.79. The standard InChI is InChI=1S/C30H36O8/c1-13-11-29(33)17(25(3,4)35-37-29)9-15-19(13)23(31)21-22-24(32)20-14(2)12-30(34)18(26(5,6)36-38-30)10-16(20)28(22,8)27(15,21)7/h9-10,13-14,21-22,33-34H,11-12H2,1-8H3/t13-,14-,21-,22-,27+,28+,29-,30-/m0/s1. The number of hydrogen-bond acceptors (Lipinski definition) is 8. The van der Waals surface area contributed by atoms with Crippen LogP contribution in [0.4, 0.5) is 0 Å². The summed E-state index contributed by atoms with van der Waals surface area (Å²) < 4.78 is 0. The number of allylic oxidation sites excluding steroid dienone is 6. The quantitative estimate of drug-likeness (QED) is 0.461. The SMILES string of the molecule is C[C@H]1C[C@]2(O)OOC(C)(C)C2=CC2=C1C(=O)[C@@H]1[C@H]3C(=O)C4=C(C=C5C(C)(C)OO[C@@]5(O)C[C@@H]4C)[C@@]3(C)[C@]21C. The molecule has 0 aromatic rings. The number of carbonyl (C=O) groups is 2. The van der Waals surface area contributed by atoms with E-state index in [0.29, 0.717) is 22.3 Å². The molecule has 8 atom stereocenters. The fraction of sp³-hybridized carbons (Fsp3) is 0.667. The van der Waals surface area contributed by atoms with Gasteiger partial charge in [0.2, 0.25) is 11.6 Å². The number of Topliss-reactive ketones (excluding diaryl/α,β-unsaturated/α-hetero) is 2. The minimum absolute atomic E-state index is 0.00712. The molecule has 8 nitrogen and oxygen atoms in total. The minimum Gasteiger partial charge on any atom is -0.360 e. The molecule has 2 aliphatic heterocycles. The summed E-state index contributed by atoms with van der Waals surface area (Å²) in [6, 6.07) is 0. The number of hydrogen-bond donors (Lipinski definition) is 2. The van der Waals surface area contributed by atoms with E-state index >= 15 is 0 Å². The zero-order valence-corrected chi connectivity index (χ0v) is 23.2. The molecule has 2 heterocycles. The van der Waals surface area contributed by atoms with Gasteiger partial charge in [0.25, 0.3) is 0 Å². The van der Waals surface area contributed by atoms with Gasteiger partial charge in [0.05, 0.1) is 0 Å². The smallest absolute Gasteiger partial charge is 0.225 e. The van der Waals surface area contributed by atoms with Gasteiger partial charge in [-0.05, 0) is 50.7 Å². The highest BCUT2D eigenvalue weighted by atomic mass is 17.2. The Kier molecular flexibility index (Phi) is 4.40. The molecule has 0 unspecified atom stereocenters. The van der Waals surface area contributed by atoms with Crippen molar-refractivity contribution >= 4 is 11.6 Å². The van der Waals surface area contributed by atoms with E-state index in [2.05, 4.69) is 13.8 Å². The van der Waals surface area contributed by atoms with Gasteiger partial charge in [0.1, 0.15) is 11.2 Å². The third kappa shape index (κ3) is 2.46. The summed E-state index contributed by atoms with van der Waals surface area (Å²) in [7, 11) is 0. The van der Waals surface area contributed by atoms with Crippen LogP contribution in [0.15, 0.2) is 45.6 Å². The molecule has 7 rings (SSSR count). The van der Waals surface area contributed by atoms with Crippen LogP contribution in [-0.4, -0.2) is 44.6 Å². The second kappa shape index (κ2) is 6.67. The van der Waals surface area contributed by atoms with E-state index in [-0.39, 0.29) is 36.2 Å². The predicted molar refractivity (Wildman–Crippen MR) is 133 cm³/mol. The second-order valence-electron chi connectivity index (χ2n) is 14.0. The Morgan fingerprint density at radius 1 is 0.658 bits per heavy atom. The lowest BCUT2D eigenvalue weighted by Gasteiger charge is -2.62. The molecule has 5 aliphatic carbocycles. The maximum absolute atomic E-state index is 14.2. The highest BCUT2D eigenvalue weighted by molar-refractivity contribution is 6.14. The molecule has 0 aromatic heterocycles. The van der Waals surface area contributed by atoms with Crippen molar-refractivity contribution in [3.63, 3.8) is 0 Å². The molecule has 0 amide bonds. The van der Waals surface area contributed by atoms with E-state index in [1.807, 2.05) is 53.7 Å². The van der Waals surface area contributed by atoms with Crippen LogP contribution in [0.3, 0.4) is 0 Å². The van der Waals surface area contributed by atoms with Crippen LogP contribution in [0.25, 0.3) is 0 Å².